The third-order valence-corrected chi connectivity index (χ3v) is 6.26. The lowest BCUT2D eigenvalue weighted by atomic mass is 10.2. The van der Waals surface area contributed by atoms with Crippen molar-refractivity contribution in [1.82, 2.24) is 14.5 Å². The number of aromatic nitrogens is 2. The first-order chi connectivity index (χ1) is 14.3. The Bertz CT molecular complexity index is 1140. The molecule has 30 heavy (non-hydrogen) atoms. The second-order valence-electron chi connectivity index (χ2n) is 6.73. The van der Waals surface area contributed by atoms with E-state index in [4.69, 9.17) is 11.6 Å². The highest BCUT2D eigenvalue weighted by Crippen LogP contribution is 2.25. The molecule has 2 N–H and O–H groups in total. The van der Waals surface area contributed by atoms with Gasteiger partial charge in [-0.1, -0.05) is 49.2 Å². The van der Waals surface area contributed by atoms with Gasteiger partial charge in [0.15, 0.2) is 0 Å². The van der Waals surface area contributed by atoms with Crippen molar-refractivity contribution in [1.29, 1.82) is 0 Å². The van der Waals surface area contributed by atoms with Crippen LogP contribution in [-0.2, 0) is 10.0 Å². The van der Waals surface area contributed by atoms with Crippen molar-refractivity contribution in [3.05, 3.63) is 71.0 Å². The molecule has 2 aromatic carbocycles. The maximum atomic E-state index is 12.9. The van der Waals surface area contributed by atoms with E-state index in [1.54, 1.807) is 19.1 Å². The van der Waals surface area contributed by atoms with Crippen LogP contribution in [0.5, 0.6) is 0 Å². The highest BCUT2D eigenvalue weighted by Gasteiger charge is 2.22. The number of para-hydroxylation sites is 1. The molecule has 1 aromatic heterocycles. The van der Waals surface area contributed by atoms with E-state index in [0.29, 0.717) is 17.9 Å². The van der Waals surface area contributed by atoms with Gasteiger partial charge in [0.25, 0.3) is 5.91 Å². The Morgan fingerprint density at radius 2 is 1.87 bits per heavy atom. The summed E-state index contributed by atoms with van der Waals surface area (Å²) in [6.07, 6.45) is 1.63. The number of carbonyl (C=O) groups excluding carboxylic acids is 1. The molecular weight excluding hydrogens is 424 g/mol. The number of rotatable bonds is 8. The summed E-state index contributed by atoms with van der Waals surface area (Å²) in [7, 11) is -3.65. The summed E-state index contributed by atoms with van der Waals surface area (Å²) in [5, 5.41) is 7.26. The first kappa shape index (κ1) is 22.0. The molecule has 3 rings (SSSR count). The zero-order chi connectivity index (χ0) is 21.7. The van der Waals surface area contributed by atoms with Gasteiger partial charge < -0.3 is 5.32 Å². The lowest BCUT2D eigenvalue weighted by molar-refractivity contribution is 0.102. The highest BCUT2D eigenvalue weighted by molar-refractivity contribution is 7.89. The summed E-state index contributed by atoms with van der Waals surface area (Å²) in [5.41, 5.74) is 1.78. The van der Waals surface area contributed by atoms with Gasteiger partial charge >= 0.3 is 0 Å². The van der Waals surface area contributed by atoms with Crippen LogP contribution in [0.2, 0.25) is 5.15 Å². The van der Waals surface area contributed by atoms with Crippen molar-refractivity contribution in [3.63, 3.8) is 0 Å². The maximum Gasteiger partial charge on any atom is 0.260 e. The zero-order valence-corrected chi connectivity index (χ0v) is 18.3. The molecule has 0 saturated carbocycles. The third-order valence-electron chi connectivity index (χ3n) is 4.46. The SMILES string of the molecule is CCCCNS(=O)(=O)c1cccc(NC(=O)c2c(C)nn(-c3ccccc3)c2Cl)c1. The number of nitrogens with zero attached hydrogens (tertiary/aromatic N) is 2. The summed E-state index contributed by atoms with van der Waals surface area (Å²) in [6, 6.07) is 15.3. The number of nitrogens with one attached hydrogen (secondary N) is 2. The Kier molecular flexibility index (Phi) is 6.91. The van der Waals surface area contributed by atoms with Crippen molar-refractivity contribution in [2.45, 2.75) is 31.6 Å². The van der Waals surface area contributed by atoms with Gasteiger partial charge in [0.05, 0.1) is 16.3 Å². The van der Waals surface area contributed by atoms with E-state index in [2.05, 4.69) is 15.1 Å². The molecule has 0 bridgehead atoms. The van der Waals surface area contributed by atoms with Crippen LogP contribution in [0, 0.1) is 6.92 Å². The molecule has 0 aliphatic carbocycles. The average Bonchev–Trinajstić information content (AvgIpc) is 3.03. The number of amides is 1. The van der Waals surface area contributed by atoms with E-state index < -0.39 is 15.9 Å². The van der Waals surface area contributed by atoms with Crippen LogP contribution >= 0.6 is 11.6 Å². The lowest BCUT2D eigenvalue weighted by Gasteiger charge is -2.09. The summed E-state index contributed by atoms with van der Waals surface area (Å²) >= 11 is 6.43. The Balaban J connectivity index is 1.83. The minimum Gasteiger partial charge on any atom is -0.322 e. The fraction of sp³-hybridized carbons (Fsp3) is 0.238. The second-order valence-corrected chi connectivity index (χ2v) is 8.86. The minimum atomic E-state index is -3.65. The number of hydrogen-bond acceptors (Lipinski definition) is 4. The van der Waals surface area contributed by atoms with E-state index >= 15 is 0 Å². The van der Waals surface area contributed by atoms with Gasteiger partial charge in [-0.2, -0.15) is 5.10 Å². The summed E-state index contributed by atoms with van der Waals surface area (Å²) < 4.78 is 28.9. The fourth-order valence-electron chi connectivity index (χ4n) is 2.90. The number of halogens is 1. The van der Waals surface area contributed by atoms with Crippen molar-refractivity contribution in [3.8, 4) is 5.69 Å². The number of aryl methyl sites for hydroxylation is 1. The summed E-state index contributed by atoms with van der Waals surface area (Å²) in [4.78, 5) is 12.9. The van der Waals surface area contributed by atoms with Crippen molar-refractivity contribution in [2.75, 3.05) is 11.9 Å². The molecule has 0 spiro atoms. The van der Waals surface area contributed by atoms with Gasteiger partial charge in [-0.3, -0.25) is 4.79 Å². The van der Waals surface area contributed by atoms with Crippen LogP contribution in [0.4, 0.5) is 5.69 Å². The lowest BCUT2D eigenvalue weighted by Crippen LogP contribution is -2.24. The number of carbonyl (C=O) groups is 1. The molecule has 1 heterocycles. The number of anilines is 1. The maximum absolute atomic E-state index is 12.9. The monoisotopic (exact) mass is 446 g/mol. The first-order valence-electron chi connectivity index (χ1n) is 9.55. The molecule has 0 unspecified atom stereocenters. The molecule has 0 atom stereocenters. The fourth-order valence-corrected chi connectivity index (χ4v) is 4.38. The minimum absolute atomic E-state index is 0.0826. The van der Waals surface area contributed by atoms with E-state index in [0.717, 1.165) is 18.5 Å². The van der Waals surface area contributed by atoms with Gasteiger partial charge in [-0.25, -0.2) is 17.8 Å². The molecular formula is C21H23ClN4O3S. The largest absolute Gasteiger partial charge is 0.322 e. The molecule has 0 aliphatic rings. The normalized spacial score (nSPS) is 11.4. The van der Waals surface area contributed by atoms with Gasteiger partial charge in [0.2, 0.25) is 10.0 Å². The van der Waals surface area contributed by atoms with Gasteiger partial charge in [-0.05, 0) is 43.7 Å². The first-order valence-corrected chi connectivity index (χ1v) is 11.4. The number of benzene rings is 2. The van der Waals surface area contributed by atoms with Crippen LogP contribution < -0.4 is 10.0 Å². The van der Waals surface area contributed by atoms with Crippen LogP contribution in [-0.4, -0.2) is 30.7 Å². The van der Waals surface area contributed by atoms with E-state index in [1.165, 1.54) is 16.8 Å². The molecule has 158 valence electrons. The van der Waals surface area contributed by atoms with Gasteiger partial charge in [0, 0.05) is 12.2 Å². The predicted octanol–water partition coefficient (Wildman–Crippen LogP) is 4.16. The standard InChI is InChI=1S/C21H23ClN4O3S/c1-3-4-13-23-30(28,29)18-12-8-9-16(14-18)24-21(27)19-15(2)25-26(20(19)22)17-10-6-5-7-11-17/h5-12,14,23H,3-4,13H2,1-2H3,(H,24,27). The van der Waals surface area contributed by atoms with Crippen LogP contribution in [0.1, 0.15) is 35.8 Å². The average molecular weight is 447 g/mol. The Labute approximate surface area is 181 Å². The van der Waals surface area contributed by atoms with E-state index in [9.17, 15) is 13.2 Å². The van der Waals surface area contributed by atoms with Crippen molar-refractivity contribution >= 4 is 33.2 Å². The second kappa shape index (κ2) is 9.42. The smallest absolute Gasteiger partial charge is 0.260 e. The van der Waals surface area contributed by atoms with Crippen LogP contribution in [0.15, 0.2) is 59.5 Å². The third kappa shape index (κ3) is 4.89. The van der Waals surface area contributed by atoms with Crippen molar-refractivity contribution in [2.24, 2.45) is 0 Å². The summed E-state index contributed by atoms with van der Waals surface area (Å²) in [5.74, 6) is -0.465. The molecule has 0 saturated heterocycles. The van der Waals surface area contributed by atoms with Gasteiger partial charge in [-0.15, -0.1) is 0 Å². The predicted molar refractivity (Wildman–Crippen MR) is 118 cm³/mol. The molecule has 1 amide bonds. The van der Waals surface area contributed by atoms with Crippen molar-refractivity contribution < 1.29 is 13.2 Å². The molecule has 0 fully saturated rings. The Morgan fingerprint density at radius 3 is 2.57 bits per heavy atom. The highest BCUT2D eigenvalue weighted by atomic mass is 35.5. The topological polar surface area (TPSA) is 93.1 Å². The number of hydrogen-bond donors (Lipinski definition) is 2. The quantitative estimate of drug-likeness (QED) is 0.508. The number of unbranched alkanes of at least 4 members (excludes halogenated alkanes) is 1. The Hall–Kier alpha value is -2.68. The van der Waals surface area contributed by atoms with Crippen LogP contribution in [0.3, 0.4) is 0 Å². The van der Waals surface area contributed by atoms with Gasteiger partial charge in [0.1, 0.15) is 10.7 Å². The Morgan fingerprint density at radius 1 is 1.13 bits per heavy atom. The molecule has 9 heteroatoms. The van der Waals surface area contributed by atoms with E-state index in [1.807, 2.05) is 37.3 Å². The zero-order valence-electron chi connectivity index (χ0n) is 16.7. The van der Waals surface area contributed by atoms with Crippen LogP contribution in [0.25, 0.3) is 5.69 Å². The summed E-state index contributed by atoms with van der Waals surface area (Å²) in [6.45, 7) is 4.04. The molecule has 0 aliphatic heterocycles. The molecule has 3 aromatic rings. The number of sulfonamides is 1. The van der Waals surface area contributed by atoms with E-state index in [-0.39, 0.29) is 15.6 Å². The molecule has 0 radical (unpaired) electrons. The molecule has 7 nitrogen and oxygen atoms in total.